The van der Waals surface area contributed by atoms with E-state index in [2.05, 4.69) is 46.5 Å². The Morgan fingerprint density at radius 1 is 1.33 bits per heavy atom. The highest BCUT2D eigenvalue weighted by atomic mass is 28.4. The van der Waals surface area contributed by atoms with Crippen molar-refractivity contribution in [3.63, 3.8) is 0 Å². The summed E-state index contributed by atoms with van der Waals surface area (Å²) in [5.41, 5.74) is 1.55. The monoisotopic (exact) mass is 355 g/mol. The Kier molecular flexibility index (Phi) is 5.69. The van der Waals surface area contributed by atoms with Gasteiger partial charge in [0.25, 0.3) is 0 Å². The summed E-state index contributed by atoms with van der Waals surface area (Å²) in [4.78, 5) is 14.3. The smallest absolute Gasteiger partial charge is 0.414 e. The first-order valence-corrected chi connectivity index (χ1v) is 10.8. The summed E-state index contributed by atoms with van der Waals surface area (Å²) >= 11 is 0. The van der Waals surface area contributed by atoms with Gasteiger partial charge in [0, 0.05) is 17.9 Å². The van der Waals surface area contributed by atoms with Crippen molar-refractivity contribution in [2.75, 3.05) is 6.61 Å². The number of hydrogen-bond donors (Lipinski definition) is 0. The average molecular weight is 356 g/mol. The molecule has 0 spiro atoms. The number of imidazole rings is 1. The minimum Gasteiger partial charge on any atom is -0.440 e. The molecule has 1 unspecified atom stereocenters. The third-order valence-corrected chi connectivity index (χ3v) is 11.2. The van der Waals surface area contributed by atoms with Crippen molar-refractivity contribution < 1.29 is 14.1 Å². The molecule has 1 aromatic rings. The predicted octanol–water partition coefficient (Wildman–Crippen LogP) is 4.13. The van der Waals surface area contributed by atoms with E-state index >= 15 is 0 Å². The zero-order valence-electron chi connectivity index (χ0n) is 15.5. The molecule has 0 N–H and O–H groups in total. The fraction of sp³-hybridized carbons (Fsp3) is 0.812. The van der Waals surface area contributed by atoms with Gasteiger partial charge in [-0.25, -0.2) is 0 Å². The Morgan fingerprint density at radius 2 is 1.92 bits per heavy atom. The Balaban J connectivity index is 2.07. The van der Waals surface area contributed by atoms with Crippen LogP contribution in [0.3, 0.4) is 0 Å². The van der Waals surface area contributed by atoms with E-state index < -0.39 is 13.2 Å². The summed E-state index contributed by atoms with van der Waals surface area (Å²) in [6.07, 6.45) is 2.11. The van der Waals surface area contributed by atoms with Crippen LogP contribution in [0.1, 0.15) is 48.0 Å². The fourth-order valence-electron chi connectivity index (χ4n) is 4.07. The third kappa shape index (κ3) is 3.49. The molecule has 1 aromatic heterocycles. The lowest BCUT2D eigenvalue weighted by Gasteiger charge is -2.43. The van der Waals surface area contributed by atoms with E-state index in [9.17, 15) is 10.1 Å². The van der Waals surface area contributed by atoms with Crippen LogP contribution in [-0.2, 0) is 11.0 Å². The van der Waals surface area contributed by atoms with Crippen molar-refractivity contribution in [1.29, 1.82) is 0 Å². The first-order valence-electron chi connectivity index (χ1n) is 8.70. The maximum absolute atomic E-state index is 10.8. The number of hydrogen-bond acceptors (Lipinski definition) is 5. The Hall–Kier alpha value is -1.41. The first-order chi connectivity index (χ1) is 11.2. The quantitative estimate of drug-likeness (QED) is 0.417. The van der Waals surface area contributed by atoms with Gasteiger partial charge in [-0.3, -0.25) is 4.57 Å². The SMILES string of the molecule is CC(C)[Si](OCC1CCn2cc([N+](=O)[O-])nc2O1)(C(C)C)C(C)C. The van der Waals surface area contributed by atoms with Crippen LogP contribution in [0.5, 0.6) is 6.01 Å². The number of aryl methyl sites for hydroxylation is 1. The Bertz CT molecular complexity index is 564. The van der Waals surface area contributed by atoms with Gasteiger partial charge in [0.15, 0.2) is 0 Å². The second-order valence-corrected chi connectivity index (χ2v) is 12.9. The van der Waals surface area contributed by atoms with E-state index in [1.54, 1.807) is 4.57 Å². The topological polar surface area (TPSA) is 79.4 Å². The van der Waals surface area contributed by atoms with Crippen LogP contribution in [0.4, 0.5) is 5.82 Å². The average Bonchev–Trinajstić information content (AvgIpc) is 2.90. The predicted molar refractivity (Wildman–Crippen MR) is 94.9 cm³/mol. The minimum atomic E-state index is -1.93. The van der Waals surface area contributed by atoms with Crippen LogP contribution in [0, 0.1) is 10.1 Å². The number of aromatic nitrogens is 2. The summed E-state index contributed by atoms with van der Waals surface area (Å²) < 4.78 is 14.1. The molecule has 8 heteroatoms. The highest BCUT2D eigenvalue weighted by Crippen LogP contribution is 2.42. The Labute approximate surface area is 144 Å². The third-order valence-electron chi connectivity index (χ3n) is 5.10. The molecule has 136 valence electrons. The normalized spacial score (nSPS) is 18.1. The number of ether oxygens (including phenoxy) is 1. The summed E-state index contributed by atoms with van der Waals surface area (Å²) in [6.45, 7) is 14.7. The maximum Gasteiger partial charge on any atom is 0.414 e. The van der Waals surface area contributed by atoms with E-state index in [1.165, 1.54) is 6.20 Å². The standard InChI is InChI=1S/C16H29N3O4Si/c1-11(2)24(12(3)4,13(5)6)22-10-14-7-8-18-9-15(19(20)21)17-16(18)23-14/h9,11-14H,7-8,10H2,1-6H3. The molecule has 1 aliphatic rings. The van der Waals surface area contributed by atoms with Gasteiger partial charge in [-0.1, -0.05) is 41.5 Å². The lowest BCUT2D eigenvalue weighted by Crippen LogP contribution is -2.49. The molecular formula is C16H29N3O4Si. The minimum absolute atomic E-state index is 0.0948. The van der Waals surface area contributed by atoms with Crippen molar-refractivity contribution in [3.8, 4) is 6.01 Å². The van der Waals surface area contributed by atoms with Crippen LogP contribution in [0.15, 0.2) is 6.20 Å². The van der Waals surface area contributed by atoms with Gasteiger partial charge >= 0.3 is 11.8 Å². The summed E-state index contributed by atoms with van der Waals surface area (Å²) in [5, 5.41) is 10.8. The number of rotatable bonds is 7. The molecule has 0 saturated carbocycles. The maximum atomic E-state index is 10.8. The van der Waals surface area contributed by atoms with E-state index in [4.69, 9.17) is 9.16 Å². The van der Waals surface area contributed by atoms with E-state index in [1.807, 2.05) is 0 Å². The lowest BCUT2D eigenvalue weighted by atomic mass is 10.2. The van der Waals surface area contributed by atoms with Crippen LogP contribution in [-0.4, -0.2) is 35.5 Å². The molecule has 0 saturated heterocycles. The van der Waals surface area contributed by atoms with Crippen molar-refractivity contribution in [2.45, 2.75) is 77.2 Å². The Morgan fingerprint density at radius 3 is 2.42 bits per heavy atom. The largest absolute Gasteiger partial charge is 0.440 e. The highest BCUT2D eigenvalue weighted by molar-refractivity contribution is 6.77. The zero-order chi connectivity index (χ0) is 18.1. The number of nitrogens with zero attached hydrogens (tertiary/aromatic N) is 3. The first kappa shape index (κ1) is 18.9. The van der Waals surface area contributed by atoms with E-state index in [0.29, 0.717) is 35.8 Å². The highest BCUT2D eigenvalue weighted by Gasteiger charge is 2.45. The van der Waals surface area contributed by atoms with Gasteiger partial charge in [0.05, 0.1) is 6.61 Å². The molecular weight excluding hydrogens is 326 g/mol. The van der Waals surface area contributed by atoms with Crippen LogP contribution in [0.2, 0.25) is 16.6 Å². The zero-order valence-corrected chi connectivity index (χ0v) is 16.5. The van der Waals surface area contributed by atoms with Crippen molar-refractivity contribution in [3.05, 3.63) is 16.3 Å². The van der Waals surface area contributed by atoms with Gasteiger partial charge in [-0.05, 0) is 21.5 Å². The molecule has 24 heavy (non-hydrogen) atoms. The number of fused-ring (bicyclic) bond motifs is 1. The van der Waals surface area contributed by atoms with E-state index in [-0.39, 0.29) is 11.9 Å². The molecule has 0 fully saturated rings. The summed E-state index contributed by atoms with van der Waals surface area (Å²) in [7, 11) is -1.93. The molecule has 1 atom stereocenters. The van der Waals surface area contributed by atoms with Crippen LogP contribution >= 0.6 is 0 Å². The second-order valence-electron chi connectivity index (χ2n) is 7.49. The summed E-state index contributed by atoms with van der Waals surface area (Å²) in [5.74, 6) is -0.165. The fourth-order valence-corrected chi connectivity index (χ4v) is 9.55. The number of nitro groups is 1. The summed E-state index contributed by atoms with van der Waals surface area (Å²) in [6, 6.07) is 0.326. The molecule has 0 radical (unpaired) electrons. The second kappa shape index (κ2) is 7.22. The lowest BCUT2D eigenvalue weighted by molar-refractivity contribution is -0.389. The van der Waals surface area contributed by atoms with Gasteiger partial charge < -0.3 is 19.3 Å². The van der Waals surface area contributed by atoms with E-state index in [0.717, 1.165) is 6.42 Å². The molecule has 0 aromatic carbocycles. The van der Waals surface area contributed by atoms with Gasteiger partial charge in [0.2, 0.25) is 8.32 Å². The molecule has 2 heterocycles. The van der Waals surface area contributed by atoms with Crippen LogP contribution < -0.4 is 4.74 Å². The van der Waals surface area contributed by atoms with Crippen molar-refractivity contribution >= 4 is 14.1 Å². The molecule has 0 aliphatic carbocycles. The molecule has 1 aliphatic heterocycles. The van der Waals surface area contributed by atoms with Gasteiger partial charge in [0.1, 0.15) is 12.3 Å². The molecule has 7 nitrogen and oxygen atoms in total. The van der Waals surface area contributed by atoms with Gasteiger partial charge in [-0.2, -0.15) is 0 Å². The van der Waals surface area contributed by atoms with Crippen molar-refractivity contribution in [2.24, 2.45) is 0 Å². The van der Waals surface area contributed by atoms with Crippen LogP contribution in [0.25, 0.3) is 0 Å². The molecule has 2 rings (SSSR count). The van der Waals surface area contributed by atoms with Gasteiger partial charge in [-0.15, -0.1) is 0 Å². The van der Waals surface area contributed by atoms with Crippen molar-refractivity contribution in [1.82, 2.24) is 9.55 Å². The molecule has 0 bridgehead atoms. The molecule has 0 amide bonds.